The van der Waals surface area contributed by atoms with Gasteiger partial charge in [-0.25, -0.2) is 4.39 Å². The van der Waals surface area contributed by atoms with E-state index in [1.165, 1.54) is 19.2 Å². The molecule has 1 aromatic heterocycles. The van der Waals surface area contributed by atoms with Crippen LogP contribution in [0.2, 0.25) is 0 Å². The molecule has 29 heavy (non-hydrogen) atoms. The van der Waals surface area contributed by atoms with E-state index in [0.29, 0.717) is 40.9 Å². The maximum Gasteiger partial charge on any atom is 0.258 e. The molecule has 1 fully saturated rings. The van der Waals surface area contributed by atoms with Gasteiger partial charge < -0.3 is 18.9 Å². The number of nitrogens with zero attached hydrogens (tertiary/aromatic N) is 3. The van der Waals surface area contributed by atoms with Crippen molar-refractivity contribution in [2.24, 2.45) is 0 Å². The fourth-order valence-corrected chi connectivity index (χ4v) is 3.48. The van der Waals surface area contributed by atoms with Crippen LogP contribution >= 0.6 is 0 Å². The molecule has 0 radical (unpaired) electrons. The molecule has 0 aliphatic carbocycles. The minimum absolute atomic E-state index is 0.173. The van der Waals surface area contributed by atoms with Gasteiger partial charge in [0.1, 0.15) is 23.4 Å². The average Bonchev–Trinajstić information content (AvgIpc) is 3.42. The van der Waals surface area contributed by atoms with Gasteiger partial charge in [0.15, 0.2) is 0 Å². The van der Waals surface area contributed by atoms with Crippen LogP contribution in [0.1, 0.15) is 35.1 Å². The molecule has 2 heterocycles. The van der Waals surface area contributed by atoms with Crippen molar-refractivity contribution >= 4 is 5.91 Å². The second-order valence-corrected chi connectivity index (χ2v) is 6.69. The number of likely N-dealkylation sites (tertiary alicyclic amines) is 1. The van der Waals surface area contributed by atoms with E-state index in [4.69, 9.17) is 14.0 Å². The topological polar surface area (TPSA) is 77.7 Å². The minimum Gasteiger partial charge on any atom is -0.497 e. The summed E-state index contributed by atoms with van der Waals surface area (Å²) >= 11 is 0. The van der Waals surface area contributed by atoms with Crippen molar-refractivity contribution in [2.45, 2.75) is 18.9 Å². The Morgan fingerprint density at radius 1 is 1.17 bits per heavy atom. The van der Waals surface area contributed by atoms with Crippen LogP contribution in [-0.2, 0) is 0 Å². The summed E-state index contributed by atoms with van der Waals surface area (Å²) in [6.07, 6.45) is 1.54. The largest absolute Gasteiger partial charge is 0.497 e. The zero-order valence-corrected chi connectivity index (χ0v) is 16.1. The normalized spacial score (nSPS) is 16.1. The summed E-state index contributed by atoms with van der Waals surface area (Å²) in [4.78, 5) is 19.4. The number of methoxy groups -OCH3 is 2. The number of rotatable bonds is 5. The van der Waals surface area contributed by atoms with Crippen molar-refractivity contribution in [1.82, 2.24) is 15.0 Å². The smallest absolute Gasteiger partial charge is 0.258 e. The number of amides is 1. The molecule has 1 aliphatic rings. The molecule has 8 heteroatoms. The number of carbonyl (C=O) groups excluding carboxylic acids is 1. The van der Waals surface area contributed by atoms with Gasteiger partial charge in [-0.2, -0.15) is 4.98 Å². The summed E-state index contributed by atoms with van der Waals surface area (Å²) in [5, 5.41) is 4.00. The molecule has 0 N–H and O–H groups in total. The van der Waals surface area contributed by atoms with Crippen molar-refractivity contribution in [3.8, 4) is 22.9 Å². The Bertz CT molecular complexity index is 1020. The van der Waals surface area contributed by atoms with Gasteiger partial charge in [-0.1, -0.05) is 5.16 Å². The molecule has 1 amide bonds. The Kier molecular flexibility index (Phi) is 5.16. The molecular weight excluding hydrogens is 377 g/mol. The maximum absolute atomic E-state index is 13.2. The molecule has 1 saturated heterocycles. The molecule has 0 spiro atoms. The Morgan fingerprint density at radius 2 is 1.97 bits per heavy atom. The molecule has 3 aromatic rings. The predicted molar refractivity (Wildman–Crippen MR) is 102 cm³/mol. The average molecular weight is 397 g/mol. The lowest BCUT2D eigenvalue weighted by molar-refractivity contribution is 0.0706. The predicted octanol–water partition coefficient (Wildman–Crippen LogP) is 3.87. The first-order valence-electron chi connectivity index (χ1n) is 9.23. The fourth-order valence-electron chi connectivity index (χ4n) is 3.48. The number of carbonyl (C=O) groups is 1. The second kappa shape index (κ2) is 7.90. The first-order valence-corrected chi connectivity index (χ1v) is 9.23. The molecule has 1 aliphatic heterocycles. The molecule has 7 nitrogen and oxygen atoms in total. The van der Waals surface area contributed by atoms with Crippen LogP contribution in [0, 0.1) is 5.82 Å². The summed E-state index contributed by atoms with van der Waals surface area (Å²) < 4.78 is 29.1. The van der Waals surface area contributed by atoms with Gasteiger partial charge in [-0.3, -0.25) is 4.79 Å². The number of aromatic nitrogens is 2. The zero-order valence-electron chi connectivity index (χ0n) is 16.1. The fraction of sp³-hybridized carbons (Fsp3) is 0.286. The molecule has 1 unspecified atom stereocenters. The number of benzene rings is 2. The first kappa shape index (κ1) is 18.9. The number of ether oxygens (including phenoxy) is 2. The summed E-state index contributed by atoms with van der Waals surface area (Å²) in [6.45, 7) is 0.576. The van der Waals surface area contributed by atoms with E-state index in [0.717, 1.165) is 12.8 Å². The van der Waals surface area contributed by atoms with Crippen LogP contribution in [0.4, 0.5) is 4.39 Å². The summed E-state index contributed by atoms with van der Waals surface area (Å²) in [5.41, 5.74) is 1.09. The lowest BCUT2D eigenvalue weighted by Crippen LogP contribution is -2.31. The molecular formula is C21H20FN3O4. The van der Waals surface area contributed by atoms with Crippen molar-refractivity contribution < 1.29 is 23.2 Å². The third-order valence-electron chi connectivity index (χ3n) is 4.98. The quantitative estimate of drug-likeness (QED) is 0.650. The van der Waals surface area contributed by atoms with Gasteiger partial charge in [-0.05, 0) is 49.2 Å². The van der Waals surface area contributed by atoms with E-state index in [-0.39, 0.29) is 17.8 Å². The lowest BCUT2D eigenvalue weighted by atomic mass is 10.1. The molecule has 2 aromatic carbocycles. The third-order valence-corrected chi connectivity index (χ3v) is 4.98. The van der Waals surface area contributed by atoms with E-state index in [2.05, 4.69) is 10.1 Å². The highest BCUT2D eigenvalue weighted by Crippen LogP contribution is 2.35. The van der Waals surface area contributed by atoms with Crippen LogP contribution in [0.25, 0.3) is 11.4 Å². The van der Waals surface area contributed by atoms with E-state index in [9.17, 15) is 9.18 Å². The highest BCUT2D eigenvalue weighted by molar-refractivity contribution is 5.97. The third kappa shape index (κ3) is 3.65. The van der Waals surface area contributed by atoms with Crippen LogP contribution in [0.3, 0.4) is 0 Å². The van der Waals surface area contributed by atoms with E-state index in [1.807, 2.05) is 0 Å². The van der Waals surface area contributed by atoms with Crippen LogP contribution < -0.4 is 9.47 Å². The highest BCUT2D eigenvalue weighted by atomic mass is 19.1. The molecule has 4 rings (SSSR count). The van der Waals surface area contributed by atoms with Crippen molar-refractivity contribution in [1.29, 1.82) is 0 Å². The van der Waals surface area contributed by atoms with E-state index in [1.54, 1.807) is 42.3 Å². The number of hydrogen-bond donors (Lipinski definition) is 0. The maximum atomic E-state index is 13.2. The summed E-state index contributed by atoms with van der Waals surface area (Å²) in [7, 11) is 3.07. The first-order chi connectivity index (χ1) is 14.1. The Labute approximate surface area is 167 Å². The Morgan fingerprint density at radius 3 is 2.69 bits per heavy atom. The van der Waals surface area contributed by atoms with E-state index >= 15 is 0 Å². The number of halogens is 1. The van der Waals surface area contributed by atoms with Gasteiger partial charge in [0.25, 0.3) is 5.91 Å². The number of hydrogen-bond acceptors (Lipinski definition) is 6. The van der Waals surface area contributed by atoms with Gasteiger partial charge in [0.05, 0.1) is 19.8 Å². The lowest BCUT2D eigenvalue weighted by Gasteiger charge is -2.23. The molecule has 150 valence electrons. The summed E-state index contributed by atoms with van der Waals surface area (Å²) in [6, 6.07) is 10.6. The van der Waals surface area contributed by atoms with Crippen molar-refractivity contribution in [2.75, 3.05) is 20.8 Å². The Balaban J connectivity index is 1.60. The van der Waals surface area contributed by atoms with Crippen molar-refractivity contribution in [3.05, 3.63) is 59.7 Å². The molecule has 1 atom stereocenters. The monoisotopic (exact) mass is 397 g/mol. The van der Waals surface area contributed by atoms with Gasteiger partial charge in [0.2, 0.25) is 11.7 Å². The second-order valence-electron chi connectivity index (χ2n) is 6.69. The zero-order chi connectivity index (χ0) is 20.4. The molecule has 0 saturated carbocycles. The van der Waals surface area contributed by atoms with Gasteiger partial charge in [0, 0.05) is 18.2 Å². The SMILES string of the molecule is COc1ccc(C(=O)N2CCCC2c2nc(-c3ccc(F)cc3)no2)c(OC)c1. The van der Waals surface area contributed by atoms with Gasteiger partial charge in [-0.15, -0.1) is 0 Å². The standard InChI is InChI=1S/C21H20FN3O4/c1-27-15-9-10-16(18(12-15)28-2)21(26)25-11-3-4-17(25)20-23-19(24-29-20)13-5-7-14(22)8-6-13/h5-10,12,17H,3-4,11H2,1-2H3. The van der Waals surface area contributed by atoms with E-state index < -0.39 is 0 Å². The van der Waals surface area contributed by atoms with Crippen molar-refractivity contribution in [3.63, 3.8) is 0 Å². The molecule has 0 bridgehead atoms. The summed E-state index contributed by atoms with van der Waals surface area (Å²) in [5.74, 6) is 1.27. The van der Waals surface area contributed by atoms with Gasteiger partial charge >= 0.3 is 0 Å². The highest BCUT2D eigenvalue weighted by Gasteiger charge is 2.35. The Hall–Kier alpha value is -3.42. The van der Waals surface area contributed by atoms with Crippen LogP contribution in [0.5, 0.6) is 11.5 Å². The van der Waals surface area contributed by atoms with Crippen LogP contribution in [0.15, 0.2) is 47.0 Å². The van der Waals surface area contributed by atoms with Crippen LogP contribution in [-0.4, -0.2) is 41.7 Å². The minimum atomic E-state index is -0.335.